The van der Waals surface area contributed by atoms with Crippen molar-refractivity contribution in [2.75, 3.05) is 12.8 Å². The molecule has 1 aromatic carbocycles. The van der Waals surface area contributed by atoms with Gasteiger partial charge in [0.1, 0.15) is 0 Å². The lowest BCUT2D eigenvalue weighted by atomic mass is 9.94. The zero-order chi connectivity index (χ0) is 13.1. The fourth-order valence-electron chi connectivity index (χ4n) is 2.55. The van der Waals surface area contributed by atoms with Crippen LogP contribution in [-0.2, 0) is 0 Å². The molecule has 3 nitrogen and oxygen atoms in total. The van der Waals surface area contributed by atoms with Gasteiger partial charge in [-0.2, -0.15) is 0 Å². The molecule has 98 valence electrons. The monoisotopic (exact) mass is 266 g/mol. The third kappa shape index (κ3) is 2.78. The first-order valence-electron chi connectivity index (χ1n) is 6.42. The third-order valence-electron chi connectivity index (χ3n) is 3.69. The minimum absolute atomic E-state index is 0.00364. The third-order valence-corrected chi connectivity index (χ3v) is 3.92. The van der Waals surface area contributed by atoms with Gasteiger partial charge < -0.3 is 10.6 Å². The summed E-state index contributed by atoms with van der Waals surface area (Å²) in [6.45, 7) is 0. The van der Waals surface area contributed by atoms with Gasteiger partial charge in [0.2, 0.25) is 0 Å². The molecule has 0 saturated heterocycles. The Morgan fingerprint density at radius 2 is 2.00 bits per heavy atom. The number of halogens is 1. The van der Waals surface area contributed by atoms with E-state index < -0.39 is 0 Å². The first-order valence-corrected chi connectivity index (χ1v) is 6.79. The van der Waals surface area contributed by atoms with Gasteiger partial charge in [-0.3, -0.25) is 4.79 Å². The second kappa shape index (κ2) is 5.61. The first-order chi connectivity index (χ1) is 8.59. The lowest BCUT2D eigenvalue weighted by Gasteiger charge is -2.31. The van der Waals surface area contributed by atoms with Gasteiger partial charge in [0.05, 0.1) is 5.56 Å². The van der Waals surface area contributed by atoms with Crippen molar-refractivity contribution in [3.63, 3.8) is 0 Å². The van der Waals surface area contributed by atoms with Gasteiger partial charge in [-0.15, -0.1) is 0 Å². The van der Waals surface area contributed by atoms with Crippen molar-refractivity contribution < 1.29 is 4.79 Å². The Hall–Kier alpha value is -1.22. The van der Waals surface area contributed by atoms with Crippen LogP contribution in [0.5, 0.6) is 0 Å². The number of hydrogen-bond acceptors (Lipinski definition) is 2. The van der Waals surface area contributed by atoms with Gasteiger partial charge >= 0.3 is 0 Å². The molecule has 0 aliphatic heterocycles. The summed E-state index contributed by atoms with van der Waals surface area (Å²) in [5.74, 6) is -0.00364. The largest absolute Gasteiger partial charge is 0.398 e. The molecular weight excluding hydrogens is 248 g/mol. The fraction of sp³-hybridized carbons (Fsp3) is 0.500. The van der Waals surface area contributed by atoms with Gasteiger partial charge in [0.15, 0.2) is 0 Å². The number of hydrogen-bond donors (Lipinski definition) is 1. The Morgan fingerprint density at radius 3 is 2.61 bits per heavy atom. The minimum Gasteiger partial charge on any atom is -0.398 e. The van der Waals surface area contributed by atoms with Gasteiger partial charge in [-0.05, 0) is 31.0 Å². The number of carbonyl (C=O) groups is 1. The molecule has 1 aliphatic rings. The predicted molar refractivity (Wildman–Crippen MR) is 74.8 cm³/mol. The molecule has 0 radical (unpaired) electrons. The van der Waals surface area contributed by atoms with E-state index in [2.05, 4.69) is 0 Å². The van der Waals surface area contributed by atoms with Crippen molar-refractivity contribution in [3.8, 4) is 0 Å². The Labute approximate surface area is 113 Å². The number of rotatable bonds is 2. The van der Waals surface area contributed by atoms with Crippen LogP contribution in [0.25, 0.3) is 0 Å². The number of nitrogens with two attached hydrogens (primary N) is 1. The summed E-state index contributed by atoms with van der Waals surface area (Å²) in [6.07, 6.45) is 5.88. The van der Waals surface area contributed by atoms with Crippen LogP contribution in [0.2, 0.25) is 5.02 Å². The highest BCUT2D eigenvalue weighted by Crippen LogP contribution is 2.25. The lowest BCUT2D eigenvalue weighted by molar-refractivity contribution is 0.0697. The average molecular weight is 267 g/mol. The average Bonchev–Trinajstić information content (AvgIpc) is 2.38. The first kappa shape index (κ1) is 13.2. The van der Waals surface area contributed by atoms with E-state index in [9.17, 15) is 4.79 Å². The molecule has 1 amide bonds. The van der Waals surface area contributed by atoms with Crippen LogP contribution in [0.1, 0.15) is 42.5 Å². The van der Waals surface area contributed by atoms with Crippen LogP contribution in [0, 0.1) is 0 Å². The van der Waals surface area contributed by atoms with Crippen LogP contribution in [0.4, 0.5) is 5.69 Å². The zero-order valence-electron chi connectivity index (χ0n) is 10.7. The maximum Gasteiger partial charge on any atom is 0.255 e. The van der Waals surface area contributed by atoms with Gasteiger partial charge in [-0.25, -0.2) is 0 Å². The Kier molecular flexibility index (Phi) is 4.12. The molecule has 1 aromatic rings. The van der Waals surface area contributed by atoms with Crippen molar-refractivity contribution in [3.05, 3.63) is 28.8 Å². The van der Waals surface area contributed by atoms with E-state index in [1.54, 1.807) is 18.2 Å². The van der Waals surface area contributed by atoms with E-state index in [0.29, 0.717) is 22.3 Å². The summed E-state index contributed by atoms with van der Waals surface area (Å²) < 4.78 is 0. The molecule has 2 N–H and O–H groups in total. The number of benzene rings is 1. The van der Waals surface area contributed by atoms with Crippen molar-refractivity contribution in [1.29, 1.82) is 0 Å². The van der Waals surface area contributed by atoms with Crippen molar-refractivity contribution in [2.45, 2.75) is 38.1 Å². The lowest BCUT2D eigenvalue weighted by Crippen LogP contribution is -2.38. The Morgan fingerprint density at radius 1 is 1.33 bits per heavy atom. The number of nitrogen functional groups attached to an aromatic ring is 1. The molecule has 1 fully saturated rings. The maximum atomic E-state index is 12.4. The highest BCUT2D eigenvalue weighted by atomic mass is 35.5. The van der Waals surface area contributed by atoms with E-state index in [1.807, 2.05) is 11.9 Å². The standard InChI is InChI=1S/C14H19ClN2O/c1-17(11-5-3-2-4-6-11)14(18)12-8-7-10(15)9-13(12)16/h7-9,11H,2-6,16H2,1H3. The minimum atomic E-state index is -0.00364. The van der Waals surface area contributed by atoms with Gasteiger partial charge in [0.25, 0.3) is 5.91 Å². The second-order valence-electron chi connectivity index (χ2n) is 4.94. The van der Waals surface area contributed by atoms with Crippen LogP contribution in [-0.4, -0.2) is 23.9 Å². The fourth-order valence-corrected chi connectivity index (χ4v) is 2.73. The molecular formula is C14H19ClN2O. The van der Waals surface area contributed by atoms with Crippen molar-refractivity contribution in [2.24, 2.45) is 0 Å². The summed E-state index contributed by atoms with van der Waals surface area (Å²) >= 11 is 5.84. The van der Waals surface area contributed by atoms with Gasteiger partial charge in [-0.1, -0.05) is 30.9 Å². The molecule has 2 rings (SSSR count). The van der Waals surface area contributed by atoms with E-state index in [4.69, 9.17) is 17.3 Å². The Balaban J connectivity index is 2.14. The second-order valence-corrected chi connectivity index (χ2v) is 5.38. The topological polar surface area (TPSA) is 46.3 Å². The molecule has 1 aliphatic carbocycles. The zero-order valence-corrected chi connectivity index (χ0v) is 11.4. The van der Waals surface area contributed by atoms with E-state index in [1.165, 1.54) is 19.3 Å². The van der Waals surface area contributed by atoms with Crippen LogP contribution >= 0.6 is 11.6 Å². The van der Waals surface area contributed by atoms with E-state index in [0.717, 1.165) is 12.8 Å². The summed E-state index contributed by atoms with van der Waals surface area (Å²) in [5.41, 5.74) is 6.86. The number of amides is 1. The smallest absolute Gasteiger partial charge is 0.255 e. The molecule has 0 bridgehead atoms. The summed E-state index contributed by atoms with van der Waals surface area (Å²) in [7, 11) is 1.87. The molecule has 0 unspecified atom stereocenters. The molecule has 0 spiro atoms. The van der Waals surface area contributed by atoms with Crippen molar-refractivity contribution >= 4 is 23.2 Å². The van der Waals surface area contributed by atoms with Crippen molar-refractivity contribution in [1.82, 2.24) is 4.90 Å². The van der Waals surface area contributed by atoms with E-state index >= 15 is 0 Å². The van der Waals surface area contributed by atoms with Crippen LogP contribution in [0.15, 0.2) is 18.2 Å². The number of carbonyl (C=O) groups excluding carboxylic acids is 1. The van der Waals surface area contributed by atoms with Gasteiger partial charge in [0, 0.05) is 23.8 Å². The molecule has 0 heterocycles. The molecule has 18 heavy (non-hydrogen) atoms. The quantitative estimate of drug-likeness (QED) is 0.835. The molecule has 0 aromatic heterocycles. The Bertz CT molecular complexity index is 441. The summed E-state index contributed by atoms with van der Waals surface area (Å²) in [4.78, 5) is 14.2. The molecule has 1 saturated carbocycles. The molecule has 0 atom stereocenters. The highest BCUT2D eigenvalue weighted by Gasteiger charge is 2.24. The SMILES string of the molecule is CN(C(=O)c1ccc(Cl)cc1N)C1CCCCC1. The summed E-state index contributed by atoms with van der Waals surface area (Å²) in [6, 6.07) is 5.39. The van der Waals surface area contributed by atoms with Crippen LogP contribution in [0.3, 0.4) is 0 Å². The summed E-state index contributed by atoms with van der Waals surface area (Å²) in [5, 5.41) is 0.560. The van der Waals surface area contributed by atoms with E-state index in [-0.39, 0.29) is 5.91 Å². The number of anilines is 1. The van der Waals surface area contributed by atoms with Crippen LogP contribution < -0.4 is 5.73 Å². The predicted octanol–water partition coefficient (Wildman–Crippen LogP) is 3.33. The maximum absolute atomic E-state index is 12.4. The number of nitrogens with zero attached hydrogens (tertiary/aromatic N) is 1. The normalized spacial score (nSPS) is 16.6. The molecule has 4 heteroatoms. The highest BCUT2D eigenvalue weighted by molar-refractivity contribution is 6.31.